The first kappa shape index (κ1) is 19.0. The summed E-state index contributed by atoms with van der Waals surface area (Å²) in [5, 5.41) is 22.7. The molecular weight excluding hydrogens is 386 g/mol. The first-order chi connectivity index (χ1) is 14.4. The molecule has 1 amide bonds. The summed E-state index contributed by atoms with van der Waals surface area (Å²) in [5.74, 6) is -0.475. The van der Waals surface area contributed by atoms with Crippen molar-refractivity contribution in [3.63, 3.8) is 0 Å². The van der Waals surface area contributed by atoms with E-state index in [1.807, 2.05) is 32.0 Å². The van der Waals surface area contributed by atoms with Crippen LogP contribution in [0.2, 0.25) is 0 Å². The number of hydrogen-bond acceptors (Lipinski definition) is 6. The Morgan fingerprint density at radius 2 is 1.90 bits per heavy atom. The van der Waals surface area contributed by atoms with Crippen LogP contribution in [0.5, 0.6) is 0 Å². The second-order valence-corrected chi connectivity index (χ2v) is 6.61. The molecule has 0 spiro atoms. The van der Waals surface area contributed by atoms with E-state index < -0.39 is 10.8 Å². The average molecular weight is 403 g/mol. The Labute approximate surface area is 170 Å². The van der Waals surface area contributed by atoms with Crippen LogP contribution < -0.4 is 5.32 Å². The van der Waals surface area contributed by atoms with Gasteiger partial charge >= 0.3 is 0 Å². The number of aryl methyl sites for hydroxylation is 2. The van der Waals surface area contributed by atoms with Crippen molar-refractivity contribution >= 4 is 17.3 Å². The SMILES string of the molecule is Cc1cc(C)n(-c2ccccc2NC(=O)c2ccc(-n3cncn3)c([N+](=O)[O-])c2)n1. The lowest BCUT2D eigenvalue weighted by Crippen LogP contribution is -2.15. The number of carbonyl (C=O) groups excluding carboxylic acids is 1. The maximum absolute atomic E-state index is 12.9. The van der Waals surface area contributed by atoms with E-state index in [1.54, 1.807) is 16.8 Å². The Kier molecular flexibility index (Phi) is 4.80. The summed E-state index contributed by atoms with van der Waals surface area (Å²) in [6.45, 7) is 3.81. The molecule has 0 saturated carbocycles. The molecule has 30 heavy (non-hydrogen) atoms. The van der Waals surface area contributed by atoms with Gasteiger partial charge in [-0.1, -0.05) is 12.1 Å². The van der Waals surface area contributed by atoms with E-state index in [-0.39, 0.29) is 16.9 Å². The van der Waals surface area contributed by atoms with Gasteiger partial charge < -0.3 is 5.32 Å². The molecule has 4 aromatic rings. The summed E-state index contributed by atoms with van der Waals surface area (Å²) in [7, 11) is 0. The standard InChI is InChI=1S/C20H17N7O3/c1-13-9-14(2)26(24-13)17-6-4-3-5-16(17)23-20(28)15-7-8-18(19(10-15)27(29)30)25-12-21-11-22-25/h3-12H,1-2H3,(H,23,28). The predicted octanol–water partition coefficient (Wildman–Crippen LogP) is 3.23. The Hall–Kier alpha value is -4.34. The Morgan fingerprint density at radius 3 is 2.57 bits per heavy atom. The van der Waals surface area contributed by atoms with Crippen LogP contribution >= 0.6 is 0 Å². The zero-order valence-electron chi connectivity index (χ0n) is 16.2. The van der Waals surface area contributed by atoms with Crippen LogP contribution in [0.4, 0.5) is 11.4 Å². The Balaban J connectivity index is 1.68. The molecule has 4 rings (SSSR count). The van der Waals surface area contributed by atoms with Gasteiger partial charge in [0.15, 0.2) is 0 Å². The van der Waals surface area contributed by atoms with E-state index in [2.05, 4.69) is 20.5 Å². The van der Waals surface area contributed by atoms with E-state index in [4.69, 9.17) is 0 Å². The zero-order chi connectivity index (χ0) is 21.3. The van der Waals surface area contributed by atoms with Gasteiger partial charge in [-0.2, -0.15) is 10.2 Å². The molecule has 0 aliphatic rings. The smallest absolute Gasteiger partial charge is 0.295 e. The van der Waals surface area contributed by atoms with Gasteiger partial charge in [-0.3, -0.25) is 14.9 Å². The first-order valence-corrected chi connectivity index (χ1v) is 9.01. The molecule has 2 heterocycles. The summed E-state index contributed by atoms with van der Waals surface area (Å²) >= 11 is 0. The second-order valence-electron chi connectivity index (χ2n) is 6.61. The van der Waals surface area contributed by atoms with Gasteiger partial charge in [-0.05, 0) is 44.2 Å². The number of carbonyl (C=O) groups is 1. The molecule has 2 aromatic carbocycles. The van der Waals surface area contributed by atoms with Gasteiger partial charge in [-0.15, -0.1) is 0 Å². The quantitative estimate of drug-likeness (QED) is 0.403. The van der Waals surface area contributed by atoms with Crippen LogP contribution in [-0.4, -0.2) is 35.4 Å². The molecule has 150 valence electrons. The number of nitrogens with one attached hydrogen (secondary N) is 1. The fraction of sp³-hybridized carbons (Fsp3) is 0.100. The molecule has 10 heteroatoms. The van der Waals surface area contributed by atoms with E-state index in [0.717, 1.165) is 11.4 Å². The molecule has 1 N–H and O–H groups in total. The molecule has 0 bridgehead atoms. The Bertz CT molecular complexity index is 1250. The van der Waals surface area contributed by atoms with E-state index in [9.17, 15) is 14.9 Å². The number of benzene rings is 2. The van der Waals surface area contributed by atoms with E-state index in [0.29, 0.717) is 11.4 Å². The number of hydrogen-bond donors (Lipinski definition) is 1. The van der Waals surface area contributed by atoms with E-state index >= 15 is 0 Å². The maximum Gasteiger partial charge on any atom is 0.295 e. The third-order valence-electron chi connectivity index (χ3n) is 4.49. The molecular formula is C20H17N7O3. The van der Waals surface area contributed by atoms with Crippen LogP contribution in [0.25, 0.3) is 11.4 Å². The number of nitro benzene ring substituents is 1. The summed E-state index contributed by atoms with van der Waals surface area (Å²) < 4.78 is 3.01. The summed E-state index contributed by atoms with van der Waals surface area (Å²) in [6.07, 6.45) is 2.63. The number of aromatic nitrogens is 5. The van der Waals surface area contributed by atoms with Crippen molar-refractivity contribution in [2.24, 2.45) is 0 Å². The summed E-state index contributed by atoms with van der Waals surface area (Å²) in [4.78, 5) is 27.6. The van der Waals surface area contributed by atoms with Crippen molar-refractivity contribution in [1.82, 2.24) is 24.5 Å². The van der Waals surface area contributed by atoms with Crippen molar-refractivity contribution in [3.05, 3.63) is 88.3 Å². The van der Waals surface area contributed by atoms with Crippen molar-refractivity contribution in [2.45, 2.75) is 13.8 Å². The monoisotopic (exact) mass is 403 g/mol. The zero-order valence-corrected chi connectivity index (χ0v) is 16.2. The lowest BCUT2D eigenvalue weighted by atomic mass is 10.1. The summed E-state index contributed by atoms with van der Waals surface area (Å²) in [5.41, 5.74) is 3.13. The average Bonchev–Trinajstić information content (AvgIpc) is 3.37. The minimum Gasteiger partial charge on any atom is -0.320 e. The van der Waals surface area contributed by atoms with Gasteiger partial charge in [0.25, 0.3) is 11.6 Å². The molecule has 0 unspecified atom stereocenters. The van der Waals surface area contributed by atoms with Gasteiger partial charge in [0.2, 0.25) is 0 Å². The number of amides is 1. The lowest BCUT2D eigenvalue weighted by molar-refractivity contribution is -0.384. The van der Waals surface area contributed by atoms with Crippen LogP contribution in [0.1, 0.15) is 21.7 Å². The molecule has 0 aliphatic carbocycles. The molecule has 10 nitrogen and oxygen atoms in total. The van der Waals surface area contributed by atoms with Gasteiger partial charge in [0.05, 0.1) is 22.0 Å². The summed E-state index contributed by atoms with van der Waals surface area (Å²) in [6, 6.07) is 13.4. The van der Waals surface area contributed by atoms with Gasteiger partial charge in [0, 0.05) is 17.3 Å². The number of nitrogens with zero attached hydrogens (tertiary/aromatic N) is 6. The maximum atomic E-state index is 12.9. The Morgan fingerprint density at radius 1 is 1.10 bits per heavy atom. The fourth-order valence-corrected chi connectivity index (χ4v) is 3.17. The third-order valence-corrected chi connectivity index (χ3v) is 4.49. The highest BCUT2D eigenvalue weighted by molar-refractivity contribution is 6.05. The molecule has 0 radical (unpaired) electrons. The number of para-hydroxylation sites is 2. The number of rotatable bonds is 5. The lowest BCUT2D eigenvalue weighted by Gasteiger charge is -2.13. The molecule has 2 aromatic heterocycles. The van der Waals surface area contributed by atoms with Crippen LogP contribution in [-0.2, 0) is 0 Å². The highest BCUT2D eigenvalue weighted by Gasteiger charge is 2.20. The predicted molar refractivity (Wildman–Crippen MR) is 109 cm³/mol. The van der Waals surface area contributed by atoms with Crippen LogP contribution in [0, 0.1) is 24.0 Å². The minimum absolute atomic E-state index is 0.147. The van der Waals surface area contributed by atoms with Crippen molar-refractivity contribution in [3.8, 4) is 11.4 Å². The topological polar surface area (TPSA) is 121 Å². The van der Waals surface area contributed by atoms with Gasteiger partial charge in [0.1, 0.15) is 18.3 Å². The molecule has 0 saturated heterocycles. The minimum atomic E-state index is -0.558. The van der Waals surface area contributed by atoms with Crippen molar-refractivity contribution < 1.29 is 9.72 Å². The first-order valence-electron chi connectivity index (χ1n) is 9.01. The second kappa shape index (κ2) is 7.59. The normalized spacial score (nSPS) is 10.7. The highest BCUT2D eigenvalue weighted by atomic mass is 16.6. The van der Waals surface area contributed by atoms with Gasteiger partial charge in [-0.25, -0.2) is 14.3 Å². The fourth-order valence-electron chi connectivity index (χ4n) is 3.17. The van der Waals surface area contributed by atoms with Crippen LogP contribution in [0.15, 0.2) is 61.2 Å². The number of anilines is 1. The highest BCUT2D eigenvalue weighted by Crippen LogP contribution is 2.26. The third kappa shape index (κ3) is 3.53. The van der Waals surface area contributed by atoms with Crippen molar-refractivity contribution in [2.75, 3.05) is 5.32 Å². The largest absolute Gasteiger partial charge is 0.320 e. The molecule has 0 aliphatic heterocycles. The van der Waals surface area contributed by atoms with E-state index in [1.165, 1.54) is 35.5 Å². The van der Waals surface area contributed by atoms with Crippen molar-refractivity contribution in [1.29, 1.82) is 0 Å². The number of nitro groups is 1. The molecule has 0 atom stereocenters. The molecule has 0 fully saturated rings. The van der Waals surface area contributed by atoms with Crippen LogP contribution in [0.3, 0.4) is 0 Å².